The quantitative estimate of drug-likeness (QED) is 0.332. The third kappa shape index (κ3) is 9.22. The van der Waals surface area contributed by atoms with Crippen molar-refractivity contribution in [2.24, 2.45) is 17.3 Å². The number of benzene rings is 1. The van der Waals surface area contributed by atoms with Crippen molar-refractivity contribution in [2.75, 3.05) is 61.5 Å². The van der Waals surface area contributed by atoms with Gasteiger partial charge in [-0.15, -0.1) is 0 Å². The second kappa shape index (κ2) is 16.0. The number of likely N-dealkylation sites (tertiary alicyclic amines) is 1. The molecule has 1 N–H and O–H groups in total. The van der Waals surface area contributed by atoms with Crippen LogP contribution in [0.15, 0.2) is 24.3 Å². The molecule has 1 spiro atoms. The van der Waals surface area contributed by atoms with Gasteiger partial charge in [0.25, 0.3) is 0 Å². The normalized spacial score (nSPS) is 35.3. The van der Waals surface area contributed by atoms with Crippen molar-refractivity contribution < 1.29 is 38.4 Å². The van der Waals surface area contributed by atoms with Crippen LogP contribution in [0.4, 0.5) is 0 Å². The van der Waals surface area contributed by atoms with Gasteiger partial charge in [0.1, 0.15) is 22.9 Å². The summed E-state index contributed by atoms with van der Waals surface area (Å²) in [5.74, 6) is -0.614. The van der Waals surface area contributed by atoms with E-state index < -0.39 is 47.0 Å². The molecule has 0 aromatic heterocycles. The summed E-state index contributed by atoms with van der Waals surface area (Å²) in [6.07, 6.45) is -0.311. The van der Waals surface area contributed by atoms with Gasteiger partial charge in [0.15, 0.2) is 12.1 Å². The largest absolute Gasteiger partial charge is 0.497 e. The van der Waals surface area contributed by atoms with Crippen molar-refractivity contribution in [3.05, 3.63) is 29.8 Å². The van der Waals surface area contributed by atoms with Crippen LogP contribution >= 0.6 is 0 Å². The third-order valence-corrected chi connectivity index (χ3v) is 11.2. The second-order valence-corrected chi connectivity index (χ2v) is 16.1. The molecule has 3 saturated heterocycles. The van der Waals surface area contributed by atoms with E-state index in [1.54, 1.807) is 35.0 Å². The summed E-state index contributed by atoms with van der Waals surface area (Å²) >= 11 is 0. The molecule has 0 unspecified atom stereocenters. The standard InChI is InChI=1S/C38H63N3O8/c1-25-21-37(6,46-11)33(48-34-31(42)30(39(7)8)20-26(2)47-34)27(3)32(43)36(4,5)35(44)49-38(24-40(9)22-25)16-18-41(19-17-38)23-28-12-14-29(45-10)15-13-28/h12-15,25-27,30-31,33-34,42H,16-24H2,1-11H3/t25-,26-,27+,30+,31-,33-,34+,37-/m1/s1. The van der Waals surface area contributed by atoms with E-state index in [9.17, 15) is 14.7 Å². The molecule has 3 heterocycles. The van der Waals surface area contributed by atoms with Gasteiger partial charge in [-0.25, -0.2) is 0 Å². The number of rotatable bonds is 7. The minimum Gasteiger partial charge on any atom is -0.497 e. The van der Waals surface area contributed by atoms with Crippen LogP contribution in [0.5, 0.6) is 5.75 Å². The van der Waals surface area contributed by atoms with Gasteiger partial charge in [-0.05, 0) is 85.3 Å². The van der Waals surface area contributed by atoms with Crippen LogP contribution in [0.2, 0.25) is 0 Å². The maximum Gasteiger partial charge on any atom is 0.319 e. The van der Waals surface area contributed by atoms with Crippen molar-refractivity contribution in [1.82, 2.24) is 14.7 Å². The molecule has 3 aliphatic rings. The molecular weight excluding hydrogens is 626 g/mol. The van der Waals surface area contributed by atoms with Gasteiger partial charge in [-0.1, -0.05) is 26.0 Å². The van der Waals surface area contributed by atoms with Gasteiger partial charge in [-0.2, -0.15) is 0 Å². The number of likely N-dealkylation sites (N-methyl/N-ethyl adjacent to an activating group) is 2. The number of carbonyl (C=O) groups is 2. The van der Waals surface area contributed by atoms with Crippen LogP contribution in [0.25, 0.3) is 0 Å². The van der Waals surface area contributed by atoms with Crippen molar-refractivity contribution in [3.8, 4) is 5.75 Å². The Hall–Kier alpha value is -2.12. The maximum absolute atomic E-state index is 14.5. The lowest BCUT2D eigenvalue weighted by Gasteiger charge is -2.47. The van der Waals surface area contributed by atoms with Gasteiger partial charge in [0.05, 0.1) is 24.9 Å². The summed E-state index contributed by atoms with van der Waals surface area (Å²) in [6.45, 7) is 14.8. The monoisotopic (exact) mass is 689 g/mol. The number of ketones is 1. The first-order valence-electron chi connectivity index (χ1n) is 18.0. The molecule has 4 rings (SSSR count). The highest BCUT2D eigenvalue weighted by molar-refractivity contribution is 6.04. The molecule has 0 bridgehead atoms. The first-order chi connectivity index (χ1) is 22.9. The van der Waals surface area contributed by atoms with Crippen LogP contribution in [0.1, 0.15) is 72.8 Å². The van der Waals surface area contributed by atoms with E-state index in [1.165, 1.54) is 5.56 Å². The predicted octanol–water partition coefficient (Wildman–Crippen LogP) is 3.99. The smallest absolute Gasteiger partial charge is 0.319 e. The Morgan fingerprint density at radius 1 is 1.02 bits per heavy atom. The number of nitrogens with zero attached hydrogens (tertiary/aromatic N) is 3. The first-order valence-corrected chi connectivity index (χ1v) is 18.0. The average Bonchev–Trinajstić information content (AvgIpc) is 3.04. The molecule has 11 nitrogen and oxygen atoms in total. The lowest BCUT2D eigenvalue weighted by molar-refractivity contribution is -0.295. The number of methoxy groups -OCH3 is 2. The number of carbonyl (C=O) groups excluding carboxylic acids is 2. The van der Waals surface area contributed by atoms with Crippen LogP contribution in [0, 0.1) is 17.3 Å². The maximum atomic E-state index is 14.5. The third-order valence-electron chi connectivity index (χ3n) is 11.2. The molecule has 1 aromatic carbocycles. The SMILES string of the molecule is COc1ccc(CN2CCC3(CC2)CN(C)C[C@H](C)C[C@@](C)(OC)[C@H](O[C@@H]2O[C@H](C)C[C@H](N(C)C)[C@H]2O)[C@@H](C)C(=O)C(C)(C)C(=O)O3)cc1. The van der Waals surface area contributed by atoms with E-state index in [0.717, 1.165) is 31.9 Å². The predicted molar refractivity (Wildman–Crippen MR) is 188 cm³/mol. The fourth-order valence-electron chi connectivity index (χ4n) is 8.28. The average molecular weight is 690 g/mol. The van der Waals surface area contributed by atoms with Gasteiger partial charge in [-0.3, -0.25) is 14.5 Å². The number of Topliss-reactive ketones (excluding diaryl/α,β-unsaturated/α-hetero) is 1. The summed E-state index contributed by atoms with van der Waals surface area (Å²) in [5, 5.41) is 11.4. The van der Waals surface area contributed by atoms with Crippen molar-refractivity contribution >= 4 is 11.8 Å². The highest BCUT2D eigenvalue weighted by Gasteiger charge is 2.53. The summed E-state index contributed by atoms with van der Waals surface area (Å²) < 4.78 is 30.9. The van der Waals surface area contributed by atoms with Gasteiger partial charge in [0.2, 0.25) is 0 Å². The van der Waals surface area contributed by atoms with Crippen LogP contribution < -0.4 is 4.74 Å². The molecule has 1 aromatic rings. The number of hydrogen-bond donors (Lipinski definition) is 1. The van der Waals surface area contributed by atoms with Crippen LogP contribution in [0.3, 0.4) is 0 Å². The highest BCUT2D eigenvalue weighted by atomic mass is 16.7. The fourth-order valence-corrected chi connectivity index (χ4v) is 8.28. The molecule has 0 saturated carbocycles. The molecule has 3 aliphatic heterocycles. The molecule has 0 aliphatic carbocycles. The molecular formula is C38H63N3O8. The zero-order valence-electron chi connectivity index (χ0n) is 31.9. The number of esters is 1. The summed E-state index contributed by atoms with van der Waals surface area (Å²) in [5.41, 5.74) is -1.90. The summed E-state index contributed by atoms with van der Waals surface area (Å²) in [6, 6.07) is 7.94. The number of ether oxygens (including phenoxy) is 5. The minimum absolute atomic E-state index is 0.144. The lowest BCUT2D eigenvalue weighted by atomic mass is 9.74. The molecule has 278 valence electrons. The zero-order valence-corrected chi connectivity index (χ0v) is 31.9. The lowest BCUT2D eigenvalue weighted by Crippen LogP contribution is -2.59. The Kier molecular flexibility index (Phi) is 13.0. The van der Waals surface area contributed by atoms with E-state index in [4.69, 9.17) is 23.7 Å². The van der Waals surface area contributed by atoms with E-state index in [1.807, 2.05) is 45.0 Å². The first kappa shape index (κ1) is 39.7. The second-order valence-electron chi connectivity index (χ2n) is 16.1. The van der Waals surface area contributed by atoms with Crippen molar-refractivity contribution in [2.45, 2.75) is 116 Å². The molecule has 3 fully saturated rings. The van der Waals surface area contributed by atoms with Crippen molar-refractivity contribution in [1.29, 1.82) is 0 Å². The van der Waals surface area contributed by atoms with Crippen molar-refractivity contribution in [3.63, 3.8) is 0 Å². The Bertz CT molecular complexity index is 1250. The molecule has 0 amide bonds. The summed E-state index contributed by atoms with van der Waals surface area (Å²) in [7, 11) is 9.23. The molecule has 11 heteroatoms. The van der Waals surface area contributed by atoms with Crippen LogP contribution in [-0.2, 0) is 35.1 Å². The Balaban J connectivity index is 1.61. The Labute approximate surface area is 294 Å². The van der Waals surface area contributed by atoms with E-state index >= 15 is 0 Å². The Morgan fingerprint density at radius 3 is 2.22 bits per heavy atom. The topological polar surface area (TPSA) is 110 Å². The fraction of sp³-hybridized carbons (Fsp3) is 0.789. The van der Waals surface area contributed by atoms with Gasteiger partial charge in [0, 0.05) is 64.6 Å². The zero-order chi connectivity index (χ0) is 36.3. The number of piperidine rings is 1. The van der Waals surface area contributed by atoms with E-state index in [-0.39, 0.29) is 23.8 Å². The highest BCUT2D eigenvalue weighted by Crippen LogP contribution is 2.40. The molecule has 0 radical (unpaired) electrons. The van der Waals surface area contributed by atoms with E-state index in [2.05, 4.69) is 35.9 Å². The van der Waals surface area contributed by atoms with Gasteiger partial charge >= 0.3 is 5.97 Å². The van der Waals surface area contributed by atoms with E-state index in [0.29, 0.717) is 32.2 Å². The number of hydrogen-bond acceptors (Lipinski definition) is 11. The number of aliphatic hydroxyl groups is 1. The number of aliphatic hydroxyl groups excluding tert-OH is 1. The molecule has 49 heavy (non-hydrogen) atoms. The molecule has 8 atom stereocenters. The van der Waals surface area contributed by atoms with Gasteiger partial charge < -0.3 is 38.6 Å². The minimum atomic E-state index is -1.45. The Morgan fingerprint density at radius 2 is 1.65 bits per heavy atom. The van der Waals surface area contributed by atoms with Crippen LogP contribution in [-0.4, -0.2) is 135 Å². The summed E-state index contributed by atoms with van der Waals surface area (Å²) in [4.78, 5) is 35.3.